The number of amides is 1. The summed E-state index contributed by atoms with van der Waals surface area (Å²) in [6, 6.07) is 10.6. The van der Waals surface area contributed by atoms with Gasteiger partial charge in [0.25, 0.3) is 11.6 Å². The van der Waals surface area contributed by atoms with Crippen LogP contribution in [0.3, 0.4) is 0 Å². The Hall–Kier alpha value is -2.11. The number of carbonyl (C=O) groups excluding carboxylic acids is 1. The standard InChI is InChI=1S/C14H10Cl2N2O3/c15-8-9-1-3-10(4-2-9)14(19)17-12-7-11(16)5-6-13(12)18(20)21/h1-7H,8H2,(H,17,19). The summed E-state index contributed by atoms with van der Waals surface area (Å²) in [7, 11) is 0. The number of nitro groups is 1. The van der Waals surface area contributed by atoms with Crippen LogP contribution in [0.15, 0.2) is 42.5 Å². The predicted octanol–water partition coefficient (Wildman–Crippen LogP) is 4.24. The summed E-state index contributed by atoms with van der Waals surface area (Å²) >= 11 is 11.5. The zero-order chi connectivity index (χ0) is 15.4. The second-order valence-corrected chi connectivity index (χ2v) is 4.91. The number of hydrogen-bond donors (Lipinski definition) is 1. The van der Waals surface area contributed by atoms with Gasteiger partial charge in [0, 0.05) is 22.5 Å². The third kappa shape index (κ3) is 3.71. The maximum Gasteiger partial charge on any atom is 0.292 e. The molecular weight excluding hydrogens is 315 g/mol. The maximum absolute atomic E-state index is 12.1. The number of hydrogen-bond acceptors (Lipinski definition) is 3. The van der Waals surface area contributed by atoms with Gasteiger partial charge in [-0.05, 0) is 29.8 Å². The van der Waals surface area contributed by atoms with Crippen LogP contribution in [0.2, 0.25) is 5.02 Å². The van der Waals surface area contributed by atoms with Crippen LogP contribution < -0.4 is 5.32 Å². The van der Waals surface area contributed by atoms with Crippen molar-refractivity contribution in [2.45, 2.75) is 5.88 Å². The molecule has 1 N–H and O–H groups in total. The van der Waals surface area contributed by atoms with Gasteiger partial charge in [0.1, 0.15) is 5.69 Å². The number of alkyl halides is 1. The summed E-state index contributed by atoms with van der Waals surface area (Å²) in [5, 5.41) is 13.7. The Kier molecular flexibility index (Phi) is 4.77. The van der Waals surface area contributed by atoms with E-state index in [1.54, 1.807) is 24.3 Å². The lowest BCUT2D eigenvalue weighted by Gasteiger charge is -2.07. The second kappa shape index (κ2) is 6.56. The minimum atomic E-state index is -0.581. The molecule has 0 aliphatic heterocycles. The highest BCUT2D eigenvalue weighted by atomic mass is 35.5. The highest BCUT2D eigenvalue weighted by molar-refractivity contribution is 6.31. The third-order valence-corrected chi connectivity index (χ3v) is 3.32. The monoisotopic (exact) mass is 324 g/mol. The van der Waals surface area contributed by atoms with E-state index < -0.39 is 10.8 Å². The molecule has 0 saturated heterocycles. The molecule has 7 heteroatoms. The molecule has 0 aliphatic rings. The number of rotatable bonds is 4. The van der Waals surface area contributed by atoms with Crippen molar-refractivity contribution in [3.63, 3.8) is 0 Å². The fourth-order valence-corrected chi connectivity index (χ4v) is 2.06. The number of halogens is 2. The molecule has 108 valence electrons. The highest BCUT2D eigenvalue weighted by Gasteiger charge is 2.17. The van der Waals surface area contributed by atoms with Crippen molar-refractivity contribution in [2.24, 2.45) is 0 Å². The van der Waals surface area contributed by atoms with Crippen molar-refractivity contribution in [1.82, 2.24) is 0 Å². The quantitative estimate of drug-likeness (QED) is 0.519. The molecule has 2 aromatic rings. The smallest absolute Gasteiger partial charge is 0.292 e. The fraction of sp³-hybridized carbons (Fsp3) is 0.0714. The summed E-state index contributed by atoms with van der Waals surface area (Å²) < 4.78 is 0. The number of benzene rings is 2. The number of nitrogens with zero attached hydrogens (tertiary/aromatic N) is 1. The van der Waals surface area contributed by atoms with Crippen molar-refractivity contribution in [1.29, 1.82) is 0 Å². The van der Waals surface area contributed by atoms with Crippen molar-refractivity contribution < 1.29 is 9.72 Å². The molecule has 5 nitrogen and oxygen atoms in total. The highest BCUT2D eigenvalue weighted by Crippen LogP contribution is 2.28. The summed E-state index contributed by atoms with van der Waals surface area (Å²) in [5.41, 5.74) is 1.09. The van der Waals surface area contributed by atoms with E-state index in [4.69, 9.17) is 23.2 Å². The minimum Gasteiger partial charge on any atom is -0.316 e. The molecule has 0 aromatic heterocycles. The molecule has 0 saturated carbocycles. The van der Waals surface area contributed by atoms with Gasteiger partial charge in [-0.1, -0.05) is 23.7 Å². The van der Waals surface area contributed by atoms with E-state index in [2.05, 4.69) is 5.32 Å². The number of nitrogens with one attached hydrogen (secondary N) is 1. The van der Waals surface area contributed by atoms with Crippen molar-refractivity contribution in [3.8, 4) is 0 Å². The van der Waals surface area contributed by atoms with Crippen LogP contribution in [0.25, 0.3) is 0 Å². The first-order valence-corrected chi connectivity index (χ1v) is 6.82. The first kappa shape index (κ1) is 15.3. The van der Waals surface area contributed by atoms with Crippen LogP contribution in [0.4, 0.5) is 11.4 Å². The van der Waals surface area contributed by atoms with Gasteiger partial charge in [-0.15, -0.1) is 11.6 Å². The molecule has 21 heavy (non-hydrogen) atoms. The average molecular weight is 325 g/mol. The third-order valence-electron chi connectivity index (χ3n) is 2.77. The van der Waals surface area contributed by atoms with Gasteiger partial charge in [-0.3, -0.25) is 14.9 Å². The Labute approximate surface area is 130 Å². The zero-order valence-corrected chi connectivity index (χ0v) is 12.2. The number of carbonyl (C=O) groups is 1. The zero-order valence-electron chi connectivity index (χ0n) is 10.7. The van der Waals surface area contributed by atoms with Crippen LogP contribution in [-0.2, 0) is 5.88 Å². The second-order valence-electron chi connectivity index (χ2n) is 4.20. The molecule has 0 heterocycles. The van der Waals surface area contributed by atoms with Crippen molar-refractivity contribution in [3.05, 3.63) is 68.7 Å². The Balaban J connectivity index is 2.26. The lowest BCUT2D eigenvalue weighted by atomic mass is 10.1. The maximum atomic E-state index is 12.1. The molecule has 0 aliphatic carbocycles. The van der Waals surface area contributed by atoms with Gasteiger partial charge in [0.05, 0.1) is 4.92 Å². The van der Waals surface area contributed by atoms with Gasteiger partial charge >= 0.3 is 0 Å². The molecule has 2 rings (SSSR count). The van der Waals surface area contributed by atoms with Crippen molar-refractivity contribution in [2.75, 3.05) is 5.32 Å². The van der Waals surface area contributed by atoms with E-state index in [1.165, 1.54) is 18.2 Å². The number of anilines is 1. The minimum absolute atomic E-state index is 0.0546. The molecule has 0 radical (unpaired) electrons. The number of nitro benzene ring substituents is 1. The van der Waals surface area contributed by atoms with E-state index >= 15 is 0 Å². The Morgan fingerprint density at radius 3 is 2.43 bits per heavy atom. The van der Waals surface area contributed by atoms with Crippen LogP contribution in [0.1, 0.15) is 15.9 Å². The average Bonchev–Trinajstić information content (AvgIpc) is 2.47. The van der Waals surface area contributed by atoms with Crippen LogP contribution >= 0.6 is 23.2 Å². The van der Waals surface area contributed by atoms with Gasteiger partial charge < -0.3 is 5.32 Å². The largest absolute Gasteiger partial charge is 0.316 e. The van der Waals surface area contributed by atoms with E-state index in [9.17, 15) is 14.9 Å². The SMILES string of the molecule is O=C(Nc1cc(Cl)ccc1[N+](=O)[O-])c1ccc(CCl)cc1. The molecule has 2 aromatic carbocycles. The van der Waals surface area contributed by atoms with Gasteiger partial charge in [0.15, 0.2) is 0 Å². The van der Waals surface area contributed by atoms with E-state index in [0.717, 1.165) is 5.56 Å². The summed E-state index contributed by atoms with van der Waals surface area (Å²) in [6.45, 7) is 0. The molecule has 0 spiro atoms. The van der Waals surface area contributed by atoms with Crippen LogP contribution in [0.5, 0.6) is 0 Å². The van der Waals surface area contributed by atoms with Gasteiger partial charge in [0.2, 0.25) is 0 Å². The molecular formula is C14H10Cl2N2O3. The van der Waals surface area contributed by atoms with Gasteiger partial charge in [-0.2, -0.15) is 0 Å². The molecule has 0 atom stereocenters. The van der Waals surface area contributed by atoms with Crippen molar-refractivity contribution >= 4 is 40.5 Å². The predicted molar refractivity (Wildman–Crippen MR) is 82.1 cm³/mol. The summed E-state index contributed by atoms with van der Waals surface area (Å²) in [5.74, 6) is -0.108. The first-order valence-electron chi connectivity index (χ1n) is 5.91. The lowest BCUT2D eigenvalue weighted by molar-refractivity contribution is -0.383. The normalized spacial score (nSPS) is 10.2. The molecule has 0 fully saturated rings. The van der Waals surface area contributed by atoms with E-state index in [-0.39, 0.29) is 11.4 Å². The molecule has 0 unspecified atom stereocenters. The summed E-state index contributed by atoms with van der Waals surface area (Å²) in [4.78, 5) is 22.4. The molecule has 1 amide bonds. The summed E-state index contributed by atoms with van der Waals surface area (Å²) in [6.07, 6.45) is 0. The van der Waals surface area contributed by atoms with Crippen LogP contribution in [0, 0.1) is 10.1 Å². The Bertz CT molecular complexity index is 687. The van der Waals surface area contributed by atoms with Gasteiger partial charge in [-0.25, -0.2) is 0 Å². The Morgan fingerprint density at radius 2 is 1.86 bits per heavy atom. The topological polar surface area (TPSA) is 72.2 Å². The fourth-order valence-electron chi connectivity index (χ4n) is 1.71. The van der Waals surface area contributed by atoms with E-state index in [1.807, 2.05) is 0 Å². The first-order chi connectivity index (χ1) is 10.0. The van der Waals surface area contributed by atoms with E-state index in [0.29, 0.717) is 16.5 Å². The molecule has 0 bridgehead atoms. The lowest BCUT2D eigenvalue weighted by Crippen LogP contribution is -2.13. The Morgan fingerprint density at radius 1 is 1.19 bits per heavy atom. The van der Waals surface area contributed by atoms with Crippen LogP contribution in [-0.4, -0.2) is 10.8 Å².